The van der Waals surface area contributed by atoms with E-state index in [0.29, 0.717) is 38.9 Å². The van der Waals surface area contributed by atoms with Gasteiger partial charge in [-0.15, -0.1) is 11.3 Å². The predicted molar refractivity (Wildman–Crippen MR) is 125 cm³/mol. The number of anilines is 3. The van der Waals surface area contributed by atoms with Gasteiger partial charge in [0, 0.05) is 29.8 Å². The molecule has 31 heavy (non-hydrogen) atoms. The highest BCUT2D eigenvalue weighted by Crippen LogP contribution is 2.38. The average molecular weight is 459 g/mol. The minimum absolute atomic E-state index is 0.268. The Hall–Kier alpha value is -3.44. The summed E-state index contributed by atoms with van der Waals surface area (Å²) >= 11 is 2.67. The quantitative estimate of drug-likeness (QED) is 0.311. The number of ether oxygens (including phenoxy) is 1. The van der Waals surface area contributed by atoms with Gasteiger partial charge in [-0.25, -0.2) is 14.8 Å². The van der Waals surface area contributed by atoms with Gasteiger partial charge in [0.1, 0.15) is 15.7 Å². The van der Waals surface area contributed by atoms with E-state index in [2.05, 4.69) is 25.9 Å². The van der Waals surface area contributed by atoms with Crippen LogP contribution in [0, 0.1) is 0 Å². The molecule has 2 heterocycles. The Bertz CT molecular complexity index is 1120. The Morgan fingerprint density at radius 2 is 2.06 bits per heavy atom. The number of carbonyl (C=O) groups is 2. The zero-order valence-corrected chi connectivity index (χ0v) is 18.8. The molecule has 0 unspecified atom stereocenters. The number of rotatable bonds is 7. The number of hydrogen-bond acceptors (Lipinski definition) is 8. The van der Waals surface area contributed by atoms with Crippen molar-refractivity contribution in [1.29, 1.82) is 0 Å². The molecule has 0 saturated carbocycles. The number of allylic oxidation sites excluding steroid dienone is 1. The summed E-state index contributed by atoms with van der Waals surface area (Å²) in [5, 5.41) is 10.9. The van der Waals surface area contributed by atoms with Crippen molar-refractivity contribution in [3.05, 3.63) is 41.5 Å². The molecule has 0 saturated heterocycles. The van der Waals surface area contributed by atoms with Crippen LogP contribution in [0.15, 0.2) is 41.5 Å². The van der Waals surface area contributed by atoms with Crippen LogP contribution in [0.2, 0.25) is 0 Å². The van der Waals surface area contributed by atoms with E-state index in [1.54, 1.807) is 13.0 Å². The van der Waals surface area contributed by atoms with Crippen LogP contribution < -0.4 is 21.7 Å². The fraction of sp³-hybridized carbons (Fsp3) is 0.200. The second-order valence-corrected chi connectivity index (χ2v) is 8.09. The largest absolute Gasteiger partial charge is 0.498 e. The van der Waals surface area contributed by atoms with E-state index in [4.69, 9.17) is 10.5 Å². The van der Waals surface area contributed by atoms with Gasteiger partial charge in [0.15, 0.2) is 5.13 Å². The number of thiazole rings is 2. The molecule has 3 aromatic rings. The number of hydrogen-bond donors (Lipinski definition) is 4. The number of benzene rings is 1. The van der Waals surface area contributed by atoms with Crippen molar-refractivity contribution < 1.29 is 14.3 Å². The maximum absolute atomic E-state index is 12.1. The molecule has 1 aromatic carbocycles. The number of urea groups is 1. The molecule has 0 aliphatic heterocycles. The number of carbonyl (C=O) groups excluding carboxylic acids is 2. The molecule has 0 radical (unpaired) electrons. The highest BCUT2D eigenvalue weighted by molar-refractivity contribution is 7.23. The van der Waals surface area contributed by atoms with Gasteiger partial charge in [0.2, 0.25) is 0 Å². The molecule has 0 atom stereocenters. The molecule has 0 fully saturated rings. The summed E-state index contributed by atoms with van der Waals surface area (Å²) in [6.07, 6.45) is 1.41. The van der Waals surface area contributed by atoms with Gasteiger partial charge >= 0.3 is 6.03 Å². The van der Waals surface area contributed by atoms with Gasteiger partial charge in [0.05, 0.1) is 18.1 Å². The molecule has 0 bridgehead atoms. The molecule has 0 aliphatic rings. The van der Waals surface area contributed by atoms with Crippen molar-refractivity contribution in [3.8, 4) is 21.1 Å². The smallest absolute Gasteiger partial charge is 0.320 e. The molecule has 5 N–H and O–H groups in total. The maximum Gasteiger partial charge on any atom is 0.320 e. The maximum atomic E-state index is 12.1. The van der Waals surface area contributed by atoms with Crippen LogP contribution >= 0.6 is 22.7 Å². The molecule has 0 aliphatic carbocycles. The van der Waals surface area contributed by atoms with Gasteiger partial charge in [-0.05, 0) is 26.0 Å². The zero-order valence-electron chi connectivity index (χ0n) is 17.2. The Labute approximate surface area is 187 Å². The number of nitrogens with two attached hydrogens (primary N) is 1. The zero-order chi connectivity index (χ0) is 22.4. The third kappa shape index (κ3) is 5.80. The SMILES string of the molecule is CCOC(C)=CC(=O)Nc1cccc(-c2csc(-c3sc(NC(=O)NC)nc3N)n2)c1. The van der Waals surface area contributed by atoms with Crippen LogP contribution in [0.5, 0.6) is 0 Å². The van der Waals surface area contributed by atoms with E-state index in [0.717, 1.165) is 11.3 Å². The molecule has 3 rings (SSSR count). The Morgan fingerprint density at radius 1 is 1.26 bits per heavy atom. The second kappa shape index (κ2) is 10.0. The van der Waals surface area contributed by atoms with Crippen LogP contribution in [0.1, 0.15) is 13.8 Å². The lowest BCUT2D eigenvalue weighted by molar-refractivity contribution is -0.112. The highest BCUT2D eigenvalue weighted by Gasteiger charge is 2.16. The van der Waals surface area contributed by atoms with Crippen LogP contribution in [0.25, 0.3) is 21.1 Å². The number of nitrogens with one attached hydrogen (secondary N) is 3. The standard InChI is InChI=1S/C20H22N6O3S2/c1-4-29-11(2)8-15(27)23-13-7-5-6-12(9-13)14-10-30-18(24-14)16-17(21)25-20(31-16)26-19(28)22-3/h5-10H,4,21H2,1-3H3,(H,23,27)(H2,22,25,26,28). The van der Waals surface area contributed by atoms with Crippen molar-refractivity contribution in [2.24, 2.45) is 0 Å². The Morgan fingerprint density at radius 3 is 2.81 bits per heavy atom. The summed E-state index contributed by atoms with van der Waals surface area (Å²) < 4.78 is 5.28. The topological polar surface area (TPSA) is 131 Å². The summed E-state index contributed by atoms with van der Waals surface area (Å²) in [4.78, 5) is 33.1. The van der Waals surface area contributed by atoms with Gasteiger partial charge in [0.25, 0.3) is 5.91 Å². The molecule has 162 valence electrons. The van der Waals surface area contributed by atoms with Crippen molar-refractivity contribution in [1.82, 2.24) is 15.3 Å². The summed E-state index contributed by atoms with van der Waals surface area (Å²) in [6.45, 7) is 4.10. The van der Waals surface area contributed by atoms with E-state index < -0.39 is 0 Å². The molecule has 3 amide bonds. The third-order valence-corrected chi connectivity index (χ3v) is 5.91. The molecular weight excluding hydrogens is 436 g/mol. The van der Waals surface area contributed by atoms with Gasteiger partial charge in [-0.3, -0.25) is 10.1 Å². The predicted octanol–water partition coefficient (Wildman–Crippen LogP) is 4.15. The molecule has 9 nitrogen and oxygen atoms in total. The van der Waals surface area contributed by atoms with E-state index in [9.17, 15) is 9.59 Å². The van der Waals surface area contributed by atoms with Gasteiger partial charge < -0.3 is 21.1 Å². The summed E-state index contributed by atoms with van der Waals surface area (Å²) in [5.41, 5.74) is 8.24. The summed E-state index contributed by atoms with van der Waals surface area (Å²) in [6, 6.07) is 7.02. The van der Waals surface area contributed by atoms with Crippen LogP contribution in [-0.4, -0.2) is 35.6 Å². The fourth-order valence-corrected chi connectivity index (χ4v) is 4.41. The average Bonchev–Trinajstić information content (AvgIpc) is 3.34. The normalized spacial score (nSPS) is 11.1. The minimum atomic E-state index is -0.370. The monoisotopic (exact) mass is 458 g/mol. The highest BCUT2D eigenvalue weighted by atomic mass is 32.1. The minimum Gasteiger partial charge on any atom is -0.498 e. The Kier molecular flexibility index (Phi) is 7.21. The number of nitrogen functional groups attached to an aromatic ring is 1. The molecule has 2 aromatic heterocycles. The first-order chi connectivity index (χ1) is 14.9. The van der Waals surface area contributed by atoms with Crippen molar-refractivity contribution >= 4 is 51.2 Å². The van der Waals surface area contributed by atoms with Crippen LogP contribution in [0.3, 0.4) is 0 Å². The molecular formula is C20H22N6O3S2. The lowest BCUT2D eigenvalue weighted by Gasteiger charge is -2.06. The molecule has 0 spiro atoms. The van der Waals surface area contributed by atoms with E-state index in [1.807, 2.05) is 30.5 Å². The van der Waals surface area contributed by atoms with Crippen LogP contribution in [0.4, 0.5) is 21.4 Å². The van der Waals surface area contributed by atoms with Crippen LogP contribution in [-0.2, 0) is 9.53 Å². The third-order valence-electron chi connectivity index (χ3n) is 3.93. The molecule has 11 heteroatoms. The van der Waals surface area contributed by atoms with E-state index in [1.165, 1.54) is 35.8 Å². The first-order valence-corrected chi connectivity index (χ1v) is 11.0. The van der Waals surface area contributed by atoms with Gasteiger partial charge in [-0.2, -0.15) is 0 Å². The summed E-state index contributed by atoms with van der Waals surface area (Å²) in [7, 11) is 1.52. The fourth-order valence-electron chi connectivity index (χ4n) is 2.60. The number of aromatic nitrogens is 2. The lowest BCUT2D eigenvalue weighted by Crippen LogP contribution is -2.24. The summed E-state index contributed by atoms with van der Waals surface area (Å²) in [5.74, 6) is 0.582. The van der Waals surface area contributed by atoms with E-state index in [-0.39, 0.29) is 11.9 Å². The van der Waals surface area contributed by atoms with Crippen molar-refractivity contribution in [3.63, 3.8) is 0 Å². The lowest BCUT2D eigenvalue weighted by atomic mass is 10.1. The van der Waals surface area contributed by atoms with Crippen molar-refractivity contribution in [2.45, 2.75) is 13.8 Å². The number of nitrogens with zero attached hydrogens (tertiary/aromatic N) is 2. The number of amides is 3. The first kappa shape index (κ1) is 22.2. The van der Waals surface area contributed by atoms with E-state index >= 15 is 0 Å². The Balaban J connectivity index is 1.77. The van der Waals surface area contributed by atoms with Crippen molar-refractivity contribution in [2.75, 3.05) is 30.0 Å². The first-order valence-electron chi connectivity index (χ1n) is 9.33. The van der Waals surface area contributed by atoms with Gasteiger partial charge in [-0.1, -0.05) is 23.5 Å². The second-order valence-electron chi connectivity index (χ2n) is 6.23.